The van der Waals surface area contributed by atoms with Crippen LogP contribution >= 0.6 is 0 Å². The van der Waals surface area contributed by atoms with Crippen LogP contribution in [-0.2, 0) is 4.74 Å². The molecule has 2 heterocycles. The summed E-state index contributed by atoms with van der Waals surface area (Å²) >= 11 is 0. The van der Waals surface area contributed by atoms with E-state index in [4.69, 9.17) is 4.74 Å². The Bertz CT molecular complexity index is 408. The molecule has 2 unspecified atom stereocenters. The molecule has 2 atom stereocenters. The van der Waals surface area contributed by atoms with Crippen LogP contribution in [0.1, 0.15) is 60.3 Å². The molecule has 0 spiro atoms. The highest BCUT2D eigenvalue weighted by Gasteiger charge is 2.62. The Labute approximate surface area is 138 Å². The van der Waals surface area contributed by atoms with Gasteiger partial charge >= 0.3 is 0 Å². The first kappa shape index (κ1) is 16.8. The lowest BCUT2D eigenvalue weighted by Crippen LogP contribution is -2.61. The first-order valence-electron chi connectivity index (χ1n) is 9.47. The maximum absolute atomic E-state index is 5.59. The zero-order chi connectivity index (χ0) is 16.2. The molecule has 2 aliphatic heterocycles. The molecule has 1 saturated carbocycles. The van der Waals surface area contributed by atoms with Gasteiger partial charge in [0.05, 0.1) is 13.2 Å². The van der Waals surface area contributed by atoms with Crippen LogP contribution in [0.15, 0.2) is 0 Å². The largest absolute Gasteiger partial charge is 0.381 e. The van der Waals surface area contributed by atoms with E-state index in [0.717, 1.165) is 31.0 Å². The van der Waals surface area contributed by atoms with Crippen LogP contribution in [0.4, 0.5) is 0 Å². The quantitative estimate of drug-likeness (QED) is 0.744. The fourth-order valence-electron chi connectivity index (χ4n) is 5.89. The van der Waals surface area contributed by atoms with Crippen molar-refractivity contribution in [2.24, 2.45) is 34.0 Å². The van der Waals surface area contributed by atoms with Gasteiger partial charge in [-0.15, -0.1) is 0 Å². The lowest BCUT2D eigenvalue weighted by Gasteiger charge is -2.65. The SMILES string of the molecule is CN1CCC(C(C)(C)C(C)(C2CCC2)C(C)(C)C2COC2)C1. The van der Waals surface area contributed by atoms with Crippen LogP contribution in [0.25, 0.3) is 0 Å². The zero-order valence-corrected chi connectivity index (χ0v) is 15.7. The minimum absolute atomic E-state index is 0.362. The number of hydrogen-bond donors (Lipinski definition) is 0. The summed E-state index contributed by atoms with van der Waals surface area (Å²) in [7, 11) is 2.29. The summed E-state index contributed by atoms with van der Waals surface area (Å²) in [6.45, 7) is 17.5. The Morgan fingerprint density at radius 2 is 1.41 bits per heavy atom. The summed E-state index contributed by atoms with van der Waals surface area (Å²) < 4.78 is 5.59. The van der Waals surface area contributed by atoms with Gasteiger partial charge in [0.2, 0.25) is 0 Å². The molecule has 0 bridgehead atoms. The fourth-order valence-corrected chi connectivity index (χ4v) is 5.89. The number of ether oxygens (including phenoxy) is 1. The normalized spacial score (nSPS) is 31.6. The highest BCUT2D eigenvalue weighted by Crippen LogP contribution is 2.66. The van der Waals surface area contributed by atoms with E-state index in [2.05, 4.69) is 46.6 Å². The van der Waals surface area contributed by atoms with Crippen LogP contribution in [0, 0.1) is 34.0 Å². The van der Waals surface area contributed by atoms with Crippen LogP contribution < -0.4 is 0 Å². The van der Waals surface area contributed by atoms with E-state index in [9.17, 15) is 0 Å². The molecule has 0 amide bonds. The van der Waals surface area contributed by atoms with Gasteiger partial charge in [0.25, 0.3) is 0 Å². The Morgan fingerprint density at radius 1 is 0.818 bits per heavy atom. The maximum Gasteiger partial charge on any atom is 0.0521 e. The Hall–Kier alpha value is -0.0800. The molecule has 2 heteroatoms. The molecule has 0 aromatic carbocycles. The third-order valence-corrected chi connectivity index (χ3v) is 8.67. The standard InChI is InChI=1S/C20H37NO/c1-18(2,16-10-11-21(6)12-16)20(5,15-8-7-9-15)19(3,4)17-13-22-14-17/h15-17H,7-14H2,1-6H3. The van der Waals surface area contributed by atoms with Crippen molar-refractivity contribution in [2.75, 3.05) is 33.4 Å². The van der Waals surface area contributed by atoms with Crippen molar-refractivity contribution in [3.8, 4) is 0 Å². The van der Waals surface area contributed by atoms with Gasteiger partial charge in [-0.3, -0.25) is 0 Å². The van der Waals surface area contributed by atoms with Crippen molar-refractivity contribution in [1.29, 1.82) is 0 Å². The van der Waals surface area contributed by atoms with E-state index < -0.39 is 0 Å². The van der Waals surface area contributed by atoms with E-state index in [1.54, 1.807) is 0 Å². The lowest BCUT2D eigenvalue weighted by atomic mass is 9.40. The number of nitrogens with zero attached hydrogens (tertiary/aromatic N) is 1. The lowest BCUT2D eigenvalue weighted by molar-refractivity contribution is -0.206. The van der Waals surface area contributed by atoms with Crippen LogP contribution in [0.5, 0.6) is 0 Å². The molecule has 2 nitrogen and oxygen atoms in total. The second-order valence-corrected chi connectivity index (χ2v) is 9.76. The van der Waals surface area contributed by atoms with Gasteiger partial charge in [-0.25, -0.2) is 0 Å². The number of hydrogen-bond acceptors (Lipinski definition) is 2. The topological polar surface area (TPSA) is 12.5 Å². The predicted octanol–water partition coefficient (Wildman–Crippen LogP) is 4.44. The summed E-state index contributed by atoms with van der Waals surface area (Å²) in [5.74, 6) is 2.49. The molecule has 128 valence electrons. The average molecular weight is 308 g/mol. The second-order valence-electron chi connectivity index (χ2n) is 9.76. The maximum atomic E-state index is 5.59. The van der Waals surface area contributed by atoms with Crippen molar-refractivity contribution in [1.82, 2.24) is 4.90 Å². The van der Waals surface area contributed by atoms with Crippen LogP contribution in [0.3, 0.4) is 0 Å². The van der Waals surface area contributed by atoms with E-state index in [0.29, 0.717) is 16.2 Å². The van der Waals surface area contributed by atoms with Crippen molar-refractivity contribution in [3.63, 3.8) is 0 Å². The molecule has 3 aliphatic rings. The summed E-state index contributed by atoms with van der Waals surface area (Å²) in [4.78, 5) is 2.53. The van der Waals surface area contributed by atoms with Crippen molar-refractivity contribution in [3.05, 3.63) is 0 Å². The molecule has 0 radical (unpaired) electrons. The van der Waals surface area contributed by atoms with Gasteiger partial charge in [-0.1, -0.05) is 41.0 Å². The molecule has 2 saturated heterocycles. The van der Waals surface area contributed by atoms with Gasteiger partial charge in [0.15, 0.2) is 0 Å². The first-order chi connectivity index (χ1) is 10.2. The monoisotopic (exact) mass is 307 g/mol. The summed E-state index contributed by atoms with van der Waals surface area (Å²) in [6, 6.07) is 0. The minimum atomic E-state index is 0.362. The Kier molecular flexibility index (Phi) is 4.18. The fraction of sp³-hybridized carbons (Fsp3) is 1.00. The molecule has 1 aliphatic carbocycles. The molecule has 22 heavy (non-hydrogen) atoms. The Balaban J connectivity index is 1.94. The van der Waals surface area contributed by atoms with Crippen LogP contribution in [0.2, 0.25) is 0 Å². The average Bonchev–Trinajstić information content (AvgIpc) is 2.70. The molecule has 3 fully saturated rings. The summed E-state index contributed by atoms with van der Waals surface area (Å²) in [5, 5.41) is 0. The second kappa shape index (κ2) is 5.48. The molecule has 0 aromatic heterocycles. The number of likely N-dealkylation sites (tertiary alicyclic amines) is 1. The van der Waals surface area contributed by atoms with E-state index in [1.807, 2.05) is 0 Å². The first-order valence-corrected chi connectivity index (χ1v) is 9.47. The van der Waals surface area contributed by atoms with E-state index >= 15 is 0 Å². The third-order valence-electron chi connectivity index (χ3n) is 8.67. The molecule has 3 rings (SSSR count). The zero-order valence-electron chi connectivity index (χ0n) is 15.7. The summed E-state index contributed by atoms with van der Waals surface area (Å²) in [5.41, 5.74) is 1.16. The summed E-state index contributed by atoms with van der Waals surface area (Å²) in [6.07, 6.45) is 5.71. The predicted molar refractivity (Wildman–Crippen MR) is 92.9 cm³/mol. The van der Waals surface area contributed by atoms with E-state index in [1.165, 1.54) is 38.8 Å². The van der Waals surface area contributed by atoms with E-state index in [-0.39, 0.29) is 0 Å². The van der Waals surface area contributed by atoms with Gasteiger partial charge in [0.1, 0.15) is 0 Å². The highest BCUT2D eigenvalue weighted by atomic mass is 16.5. The Morgan fingerprint density at radius 3 is 1.77 bits per heavy atom. The van der Waals surface area contributed by atoms with Gasteiger partial charge in [-0.2, -0.15) is 0 Å². The molecule has 0 N–H and O–H groups in total. The van der Waals surface area contributed by atoms with Crippen molar-refractivity contribution >= 4 is 0 Å². The third kappa shape index (κ3) is 2.20. The molecular formula is C20H37NO. The molecular weight excluding hydrogens is 270 g/mol. The number of rotatable bonds is 5. The van der Waals surface area contributed by atoms with Gasteiger partial charge in [-0.05, 0) is 60.9 Å². The smallest absolute Gasteiger partial charge is 0.0521 e. The molecule has 0 aromatic rings. The van der Waals surface area contributed by atoms with Gasteiger partial charge < -0.3 is 9.64 Å². The highest BCUT2D eigenvalue weighted by molar-refractivity contribution is 5.10. The van der Waals surface area contributed by atoms with Crippen molar-refractivity contribution < 1.29 is 4.74 Å². The van der Waals surface area contributed by atoms with Crippen LogP contribution in [-0.4, -0.2) is 38.3 Å². The minimum Gasteiger partial charge on any atom is -0.381 e. The van der Waals surface area contributed by atoms with Crippen molar-refractivity contribution in [2.45, 2.75) is 60.3 Å². The van der Waals surface area contributed by atoms with Gasteiger partial charge in [0, 0.05) is 12.5 Å².